The molecule has 0 atom stereocenters. The van der Waals surface area contributed by atoms with Crippen molar-refractivity contribution in [3.8, 4) is 0 Å². The second-order valence-electron chi connectivity index (χ2n) is 5.55. The van der Waals surface area contributed by atoms with Crippen LogP contribution in [0.3, 0.4) is 0 Å². The molecule has 0 aliphatic carbocycles. The van der Waals surface area contributed by atoms with Gasteiger partial charge in [-0.05, 0) is 18.1 Å². The first-order valence-corrected chi connectivity index (χ1v) is 8.37. The van der Waals surface area contributed by atoms with E-state index in [1.807, 2.05) is 30.3 Å². The van der Waals surface area contributed by atoms with Crippen molar-refractivity contribution in [1.82, 2.24) is 0 Å². The summed E-state index contributed by atoms with van der Waals surface area (Å²) >= 11 is 0. The molecule has 1 aromatic carbocycles. The maximum absolute atomic E-state index is 11.2. The van der Waals surface area contributed by atoms with Crippen LogP contribution in [0.1, 0.15) is 63.9 Å². The molecule has 0 radical (unpaired) electrons. The Morgan fingerprint density at radius 1 is 1.00 bits per heavy atom. The topological polar surface area (TPSA) is 46.5 Å². The van der Waals surface area contributed by atoms with Crippen LogP contribution in [0.15, 0.2) is 36.1 Å². The molecule has 0 saturated carbocycles. The van der Waals surface area contributed by atoms with Crippen molar-refractivity contribution in [2.75, 3.05) is 6.61 Å². The highest BCUT2D eigenvalue weighted by Crippen LogP contribution is 2.11. The van der Waals surface area contributed by atoms with Crippen LogP contribution in [-0.4, -0.2) is 17.7 Å². The largest absolute Gasteiger partial charge is 0.487 e. The summed E-state index contributed by atoms with van der Waals surface area (Å²) in [5.41, 5.74) is 0.843. The molecule has 0 aliphatic rings. The third kappa shape index (κ3) is 8.50. The summed E-state index contributed by atoms with van der Waals surface area (Å²) in [6.07, 6.45) is 11.3. The van der Waals surface area contributed by atoms with Gasteiger partial charge in [0.25, 0.3) is 0 Å². The fourth-order valence-corrected chi connectivity index (χ4v) is 2.28. The van der Waals surface area contributed by atoms with Crippen molar-refractivity contribution in [1.29, 1.82) is 0 Å². The van der Waals surface area contributed by atoms with E-state index in [1.54, 1.807) is 6.08 Å². The molecule has 0 amide bonds. The number of hydrogen-bond donors (Lipinski definition) is 1. The summed E-state index contributed by atoms with van der Waals surface area (Å²) in [5.74, 6) is -0.988. The van der Waals surface area contributed by atoms with Crippen LogP contribution in [0.4, 0.5) is 0 Å². The van der Waals surface area contributed by atoms with E-state index in [4.69, 9.17) is 9.84 Å². The molecule has 0 saturated heterocycles. The summed E-state index contributed by atoms with van der Waals surface area (Å²) in [6.45, 7) is 2.69. The second kappa shape index (κ2) is 11.8. The van der Waals surface area contributed by atoms with Crippen molar-refractivity contribution in [3.63, 3.8) is 0 Å². The number of ether oxygens (including phenoxy) is 1. The van der Waals surface area contributed by atoms with Gasteiger partial charge >= 0.3 is 5.97 Å². The molecular weight excluding hydrogens is 276 g/mol. The van der Waals surface area contributed by atoms with Crippen molar-refractivity contribution >= 4 is 12.0 Å². The Hall–Kier alpha value is -1.77. The maximum Gasteiger partial charge on any atom is 0.371 e. The molecule has 1 rings (SSSR count). The molecule has 1 aromatic rings. The van der Waals surface area contributed by atoms with E-state index in [9.17, 15) is 4.79 Å². The second-order valence-corrected chi connectivity index (χ2v) is 5.55. The predicted octanol–water partition coefficient (Wildman–Crippen LogP) is 5.27. The van der Waals surface area contributed by atoms with Gasteiger partial charge < -0.3 is 9.84 Å². The lowest BCUT2D eigenvalue weighted by molar-refractivity contribution is -0.136. The molecule has 0 aromatic heterocycles. The van der Waals surface area contributed by atoms with Crippen LogP contribution < -0.4 is 0 Å². The smallest absolute Gasteiger partial charge is 0.371 e. The molecule has 0 heterocycles. The van der Waals surface area contributed by atoms with Crippen molar-refractivity contribution < 1.29 is 14.6 Å². The first-order chi connectivity index (χ1) is 10.7. The van der Waals surface area contributed by atoms with E-state index in [2.05, 4.69) is 6.92 Å². The first-order valence-electron chi connectivity index (χ1n) is 8.37. The predicted molar refractivity (Wildman–Crippen MR) is 90.6 cm³/mol. The molecule has 0 unspecified atom stereocenters. The summed E-state index contributed by atoms with van der Waals surface area (Å²) in [7, 11) is 0. The highest BCUT2D eigenvalue weighted by Gasteiger charge is 2.08. The van der Waals surface area contributed by atoms with Gasteiger partial charge in [0.15, 0.2) is 0 Å². The minimum absolute atomic E-state index is 0.0224. The molecule has 22 heavy (non-hydrogen) atoms. The Morgan fingerprint density at radius 3 is 2.18 bits per heavy atom. The molecule has 0 spiro atoms. The minimum Gasteiger partial charge on any atom is -0.487 e. The number of hydrogen-bond acceptors (Lipinski definition) is 2. The van der Waals surface area contributed by atoms with Crippen LogP contribution in [0, 0.1) is 0 Å². The molecule has 0 bridgehead atoms. The molecule has 1 N–H and O–H groups in total. The van der Waals surface area contributed by atoms with Gasteiger partial charge in [0.05, 0.1) is 6.61 Å². The lowest BCUT2D eigenvalue weighted by Gasteiger charge is -2.07. The van der Waals surface area contributed by atoms with Gasteiger partial charge in [-0.25, -0.2) is 4.79 Å². The Bertz CT molecular complexity index is 437. The van der Waals surface area contributed by atoms with E-state index in [0.29, 0.717) is 6.61 Å². The highest BCUT2D eigenvalue weighted by atomic mass is 16.5. The van der Waals surface area contributed by atoms with Gasteiger partial charge in [0, 0.05) is 0 Å². The van der Waals surface area contributed by atoms with Gasteiger partial charge in [0.2, 0.25) is 5.76 Å². The van der Waals surface area contributed by atoms with E-state index in [-0.39, 0.29) is 5.76 Å². The van der Waals surface area contributed by atoms with Gasteiger partial charge in [-0.15, -0.1) is 0 Å². The SMILES string of the molecule is CCCCCCCCCCOC(=Cc1ccccc1)C(=O)O. The van der Waals surface area contributed by atoms with E-state index < -0.39 is 5.97 Å². The fourth-order valence-electron chi connectivity index (χ4n) is 2.28. The number of carbonyl (C=O) groups is 1. The van der Waals surface area contributed by atoms with Gasteiger partial charge in [0.1, 0.15) is 0 Å². The Morgan fingerprint density at radius 2 is 1.59 bits per heavy atom. The average Bonchev–Trinajstić information content (AvgIpc) is 2.53. The molecular formula is C19H28O3. The minimum atomic E-state index is -1.01. The molecule has 0 aliphatic heterocycles. The number of carboxylic acids is 1. The fraction of sp³-hybridized carbons (Fsp3) is 0.526. The third-order valence-electron chi connectivity index (χ3n) is 3.56. The lowest BCUT2D eigenvalue weighted by atomic mass is 10.1. The average molecular weight is 304 g/mol. The van der Waals surface area contributed by atoms with Crippen molar-refractivity contribution in [3.05, 3.63) is 41.7 Å². The quantitative estimate of drug-likeness (QED) is 0.325. The number of benzene rings is 1. The summed E-state index contributed by atoms with van der Waals surface area (Å²) in [4.78, 5) is 11.2. The number of unbranched alkanes of at least 4 members (excludes halogenated alkanes) is 7. The lowest BCUT2D eigenvalue weighted by Crippen LogP contribution is -2.06. The van der Waals surface area contributed by atoms with Crippen molar-refractivity contribution in [2.45, 2.75) is 58.3 Å². The zero-order valence-electron chi connectivity index (χ0n) is 13.6. The van der Waals surface area contributed by atoms with Crippen molar-refractivity contribution in [2.24, 2.45) is 0 Å². The Kier molecular flexibility index (Phi) is 9.84. The Labute approximate surface area is 134 Å². The van der Waals surface area contributed by atoms with E-state index >= 15 is 0 Å². The third-order valence-corrected chi connectivity index (χ3v) is 3.56. The highest BCUT2D eigenvalue weighted by molar-refractivity contribution is 5.89. The van der Waals surface area contributed by atoms with Crippen LogP contribution in [0.2, 0.25) is 0 Å². The number of rotatable bonds is 12. The molecule has 122 valence electrons. The summed E-state index contributed by atoms with van der Waals surface area (Å²) in [5, 5.41) is 9.16. The number of aliphatic carboxylic acids is 1. The normalized spacial score (nSPS) is 11.4. The Balaban J connectivity index is 2.20. The van der Waals surface area contributed by atoms with E-state index in [0.717, 1.165) is 18.4 Å². The van der Waals surface area contributed by atoms with Crippen LogP contribution >= 0.6 is 0 Å². The first kappa shape index (κ1) is 18.3. The monoisotopic (exact) mass is 304 g/mol. The van der Waals surface area contributed by atoms with Gasteiger partial charge in [-0.1, -0.05) is 82.2 Å². The zero-order valence-corrected chi connectivity index (χ0v) is 13.6. The maximum atomic E-state index is 11.2. The molecule has 3 nitrogen and oxygen atoms in total. The van der Waals surface area contributed by atoms with Gasteiger partial charge in [-0.3, -0.25) is 0 Å². The standard InChI is InChI=1S/C19H28O3/c1-2-3-4-5-6-7-8-12-15-22-18(19(20)21)16-17-13-10-9-11-14-17/h9-11,13-14,16H,2-8,12,15H2,1H3,(H,20,21). The van der Waals surface area contributed by atoms with Crippen LogP contribution in [0.5, 0.6) is 0 Å². The summed E-state index contributed by atoms with van der Waals surface area (Å²) in [6, 6.07) is 9.39. The van der Waals surface area contributed by atoms with E-state index in [1.165, 1.54) is 38.5 Å². The molecule has 3 heteroatoms. The zero-order chi connectivity index (χ0) is 16.0. The van der Waals surface area contributed by atoms with Crippen LogP contribution in [-0.2, 0) is 9.53 Å². The number of carboxylic acid groups (broad SMARTS) is 1. The molecule has 0 fully saturated rings. The van der Waals surface area contributed by atoms with Gasteiger partial charge in [-0.2, -0.15) is 0 Å². The summed E-state index contributed by atoms with van der Waals surface area (Å²) < 4.78 is 5.41. The van der Waals surface area contributed by atoms with Crippen LogP contribution in [0.25, 0.3) is 6.08 Å².